The molecule has 0 bridgehead atoms. The molecule has 2 nitrogen and oxygen atoms in total. The van der Waals surface area contributed by atoms with Crippen molar-refractivity contribution < 1.29 is 9.47 Å². The first kappa shape index (κ1) is 9.85. The SMILES string of the molecule is CCOC([SiH3])=C(Cl)OCC. The second-order valence-electron chi connectivity index (χ2n) is 1.70. The van der Waals surface area contributed by atoms with Gasteiger partial charge >= 0.3 is 0 Å². The molecule has 0 aliphatic carbocycles. The van der Waals surface area contributed by atoms with Gasteiger partial charge in [0, 0.05) is 0 Å². The molecule has 0 aliphatic heterocycles. The minimum Gasteiger partial charge on any atom is -0.500 e. The smallest absolute Gasteiger partial charge is 0.219 e. The maximum absolute atomic E-state index is 5.68. The molecule has 0 radical (unpaired) electrons. The number of halogens is 1. The Morgan fingerprint density at radius 3 is 2.20 bits per heavy atom. The lowest BCUT2D eigenvalue weighted by Crippen LogP contribution is -1.96. The van der Waals surface area contributed by atoms with Gasteiger partial charge < -0.3 is 9.47 Å². The Morgan fingerprint density at radius 2 is 1.80 bits per heavy atom. The fourth-order valence-electron chi connectivity index (χ4n) is 0.502. The molecule has 60 valence electrons. The van der Waals surface area contributed by atoms with E-state index in [-0.39, 0.29) is 0 Å². The van der Waals surface area contributed by atoms with Crippen LogP contribution < -0.4 is 0 Å². The topological polar surface area (TPSA) is 18.5 Å². The van der Waals surface area contributed by atoms with Crippen molar-refractivity contribution in [2.75, 3.05) is 13.2 Å². The van der Waals surface area contributed by atoms with Gasteiger partial charge in [-0.05, 0) is 25.4 Å². The van der Waals surface area contributed by atoms with Gasteiger partial charge in [-0.15, -0.1) is 0 Å². The molecule has 10 heavy (non-hydrogen) atoms. The molecular weight excluding hydrogens is 168 g/mol. The predicted octanol–water partition coefficient (Wildman–Crippen LogP) is 0.790. The van der Waals surface area contributed by atoms with Gasteiger partial charge in [0.2, 0.25) is 5.22 Å². The van der Waals surface area contributed by atoms with E-state index in [1.807, 2.05) is 13.8 Å². The van der Waals surface area contributed by atoms with Gasteiger partial charge in [0.05, 0.1) is 23.5 Å². The third-order valence-corrected chi connectivity index (χ3v) is 2.34. The van der Waals surface area contributed by atoms with E-state index in [0.717, 1.165) is 15.6 Å². The Bertz CT molecular complexity index is 111. The summed E-state index contributed by atoms with van der Waals surface area (Å²) < 4.78 is 10.2. The van der Waals surface area contributed by atoms with E-state index in [9.17, 15) is 0 Å². The molecule has 0 atom stereocenters. The zero-order chi connectivity index (χ0) is 7.98. The lowest BCUT2D eigenvalue weighted by atomic mass is 10.8. The van der Waals surface area contributed by atoms with Gasteiger partial charge in [-0.2, -0.15) is 0 Å². The van der Waals surface area contributed by atoms with E-state index in [2.05, 4.69) is 0 Å². The fraction of sp³-hybridized carbons (Fsp3) is 0.667. The summed E-state index contributed by atoms with van der Waals surface area (Å²) in [5.41, 5.74) is 0. The molecule has 0 saturated carbocycles. The molecule has 0 aliphatic rings. The molecular formula is C6H13ClO2Si. The lowest BCUT2D eigenvalue weighted by molar-refractivity contribution is 0.201. The van der Waals surface area contributed by atoms with Crippen LogP contribution in [0.1, 0.15) is 13.8 Å². The first-order valence-corrected chi connectivity index (χ1v) is 4.72. The van der Waals surface area contributed by atoms with E-state index in [1.54, 1.807) is 0 Å². The van der Waals surface area contributed by atoms with Crippen LogP contribution >= 0.6 is 11.6 Å². The quantitative estimate of drug-likeness (QED) is 0.471. The van der Waals surface area contributed by atoms with E-state index in [1.165, 1.54) is 0 Å². The number of hydrogen-bond donors (Lipinski definition) is 0. The predicted molar refractivity (Wildman–Crippen MR) is 46.1 cm³/mol. The van der Waals surface area contributed by atoms with Crippen molar-refractivity contribution in [3.8, 4) is 0 Å². The zero-order valence-electron chi connectivity index (χ0n) is 6.61. The Balaban J connectivity index is 3.79. The molecule has 0 heterocycles. The lowest BCUT2D eigenvalue weighted by Gasteiger charge is -2.06. The van der Waals surface area contributed by atoms with E-state index >= 15 is 0 Å². The van der Waals surface area contributed by atoms with Crippen LogP contribution in [0.5, 0.6) is 0 Å². The molecule has 0 amide bonds. The summed E-state index contributed by atoms with van der Waals surface area (Å²) in [6.07, 6.45) is 0. The highest BCUT2D eigenvalue weighted by Crippen LogP contribution is 2.08. The van der Waals surface area contributed by atoms with Crippen molar-refractivity contribution in [1.29, 1.82) is 0 Å². The summed E-state index contributed by atoms with van der Waals surface area (Å²) in [6.45, 7) is 5.07. The van der Waals surface area contributed by atoms with Crippen LogP contribution in [-0.4, -0.2) is 23.5 Å². The molecule has 0 rings (SSSR count). The minimum atomic E-state index is 0.413. The van der Waals surface area contributed by atoms with E-state index in [0.29, 0.717) is 18.4 Å². The molecule has 0 unspecified atom stereocenters. The van der Waals surface area contributed by atoms with Crippen molar-refractivity contribution in [3.05, 3.63) is 10.6 Å². The van der Waals surface area contributed by atoms with Crippen LogP contribution in [-0.2, 0) is 9.47 Å². The standard InChI is InChI=1S/C6H13ClO2Si/c1-3-8-5(7)6(10)9-4-2/h3-4H2,1-2,10H3. The zero-order valence-corrected chi connectivity index (χ0v) is 9.36. The van der Waals surface area contributed by atoms with Crippen molar-refractivity contribution in [1.82, 2.24) is 0 Å². The second-order valence-corrected chi connectivity index (χ2v) is 2.95. The maximum Gasteiger partial charge on any atom is 0.219 e. The number of ether oxygens (including phenoxy) is 2. The molecule has 0 saturated heterocycles. The van der Waals surface area contributed by atoms with Gasteiger partial charge in [-0.3, -0.25) is 0 Å². The summed E-state index contributed by atoms with van der Waals surface area (Å²) in [5, 5.41) is 1.20. The van der Waals surface area contributed by atoms with Crippen molar-refractivity contribution in [2.24, 2.45) is 0 Å². The van der Waals surface area contributed by atoms with Crippen LogP contribution in [0.3, 0.4) is 0 Å². The molecule has 0 aromatic heterocycles. The van der Waals surface area contributed by atoms with E-state index < -0.39 is 0 Å². The van der Waals surface area contributed by atoms with Crippen molar-refractivity contribution in [2.45, 2.75) is 13.8 Å². The summed E-state index contributed by atoms with van der Waals surface area (Å²) in [5.74, 6) is 0. The fourth-order valence-corrected chi connectivity index (χ4v) is 1.10. The minimum absolute atomic E-state index is 0.413. The number of hydrogen-bond acceptors (Lipinski definition) is 2. The Morgan fingerprint density at radius 1 is 1.30 bits per heavy atom. The van der Waals surface area contributed by atoms with Crippen LogP contribution in [0.15, 0.2) is 10.6 Å². The van der Waals surface area contributed by atoms with Gasteiger partial charge in [-0.1, -0.05) is 0 Å². The first-order chi connectivity index (χ1) is 4.72. The summed E-state index contributed by atoms with van der Waals surface area (Å²) in [4.78, 5) is 0. The normalized spacial score (nSPS) is 12.7. The van der Waals surface area contributed by atoms with Crippen LogP contribution in [0, 0.1) is 0 Å². The summed E-state index contributed by atoms with van der Waals surface area (Å²) in [6, 6.07) is 0. The average molecular weight is 181 g/mol. The van der Waals surface area contributed by atoms with Gasteiger partial charge in [0.1, 0.15) is 5.38 Å². The van der Waals surface area contributed by atoms with Crippen molar-refractivity contribution >= 4 is 21.8 Å². The van der Waals surface area contributed by atoms with Crippen molar-refractivity contribution in [3.63, 3.8) is 0 Å². The molecule has 0 aromatic carbocycles. The van der Waals surface area contributed by atoms with Crippen LogP contribution in [0.2, 0.25) is 0 Å². The number of rotatable bonds is 4. The van der Waals surface area contributed by atoms with Gasteiger partial charge in [0.25, 0.3) is 0 Å². The Kier molecular flexibility index (Phi) is 5.53. The molecule has 0 aromatic rings. The summed E-state index contributed by atoms with van der Waals surface area (Å²) >= 11 is 5.68. The highest BCUT2D eigenvalue weighted by atomic mass is 35.5. The highest BCUT2D eigenvalue weighted by molar-refractivity contribution is 6.34. The average Bonchev–Trinajstić information content (AvgIpc) is 1.89. The monoisotopic (exact) mass is 180 g/mol. The second kappa shape index (κ2) is 5.62. The van der Waals surface area contributed by atoms with Gasteiger partial charge in [-0.25, -0.2) is 0 Å². The third kappa shape index (κ3) is 3.79. The molecule has 4 heteroatoms. The molecule has 0 spiro atoms. The summed E-state index contributed by atoms with van der Waals surface area (Å²) in [7, 11) is 0.797. The Labute approximate surface area is 69.6 Å². The van der Waals surface area contributed by atoms with E-state index in [4.69, 9.17) is 21.1 Å². The molecule has 0 fully saturated rings. The van der Waals surface area contributed by atoms with Crippen LogP contribution in [0.4, 0.5) is 0 Å². The maximum atomic E-state index is 5.68. The molecule has 0 N–H and O–H groups in total. The van der Waals surface area contributed by atoms with Gasteiger partial charge in [0.15, 0.2) is 0 Å². The highest BCUT2D eigenvalue weighted by Gasteiger charge is 1.97. The van der Waals surface area contributed by atoms with Crippen LogP contribution in [0.25, 0.3) is 0 Å². The largest absolute Gasteiger partial charge is 0.500 e. The first-order valence-electron chi connectivity index (χ1n) is 3.34. The third-order valence-electron chi connectivity index (χ3n) is 0.909. The Hall–Kier alpha value is -0.153.